The summed E-state index contributed by atoms with van der Waals surface area (Å²) in [6.07, 6.45) is -1.30. The van der Waals surface area contributed by atoms with Gasteiger partial charge in [0.1, 0.15) is 11.4 Å². The molecular weight excluding hydrogens is 469 g/mol. The molecular formula is C23H23F3N4O3S. The van der Waals surface area contributed by atoms with Crippen molar-refractivity contribution in [2.75, 3.05) is 18.4 Å². The maximum absolute atomic E-state index is 13.1. The van der Waals surface area contributed by atoms with Crippen molar-refractivity contribution in [1.82, 2.24) is 14.5 Å². The van der Waals surface area contributed by atoms with E-state index in [1.807, 2.05) is 0 Å². The summed E-state index contributed by atoms with van der Waals surface area (Å²) >= 11 is 1.02. The normalized spacial score (nSPS) is 15.0. The van der Waals surface area contributed by atoms with Crippen LogP contribution in [0.3, 0.4) is 0 Å². The standard InChI is InChI=1S/C23H23F3N4O3S/c1-13-7-9-29(10-8-13)17(31)11-30-12-27-21-18(22(30)33)14(2)19(34-21)20(32)28-16-5-3-15(4-6-16)23(24,25)26/h3-6,12-13H,7-11H2,1-2H3,(H,28,32). The van der Waals surface area contributed by atoms with E-state index in [9.17, 15) is 27.6 Å². The van der Waals surface area contributed by atoms with Gasteiger partial charge in [-0.25, -0.2) is 4.98 Å². The van der Waals surface area contributed by atoms with Crippen LogP contribution in [0.5, 0.6) is 0 Å². The van der Waals surface area contributed by atoms with Crippen LogP contribution < -0.4 is 10.9 Å². The molecule has 1 N–H and O–H groups in total. The zero-order valence-corrected chi connectivity index (χ0v) is 19.4. The zero-order chi connectivity index (χ0) is 24.6. The van der Waals surface area contributed by atoms with Gasteiger partial charge in [0.2, 0.25) is 5.91 Å². The van der Waals surface area contributed by atoms with E-state index in [4.69, 9.17) is 0 Å². The van der Waals surface area contributed by atoms with E-state index in [1.165, 1.54) is 23.0 Å². The number of hydrogen-bond donors (Lipinski definition) is 1. The number of nitrogens with zero attached hydrogens (tertiary/aromatic N) is 3. The minimum absolute atomic E-state index is 0.126. The van der Waals surface area contributed by atoms with Crippen molar-refractivity contribution in [2.24, 2.45) is 5.92 Å². The molecule has 0 bridgehead atoms. The Balaban J connectivity index is 1.54. The van der Waals surface area contributed by atoms with Gasteiger partial charge in [0.05, 0.1) is 22.2 Å². The van der Waals surface area contributed by atoms with Crippen LogP contribution in [-0.4, -0.2) is 39.4 Å². The maximum atomic E-state index is 13.1. The second-order valence-electron chi connectivity index (χ2n) is 8.51. The molecule has 34 heavy (non-hydrogen) atoms. The first-order chi connectivity index (χ1) is 16.0. The monoisotopic (exact) mass is 492 g/mol. The number of benzene rings is 1. The summed E-state index contributed by atoms with van der Waals surface area (Å²) in [5.74, 6) is -0.126. The Bertz CT molecular complexity index is 1290. The first kappa shape index (κ1) is 23.9. The van der Waals surface area contributed by atoms with Crippen molar-refractivity contribution < 1.29 is 22.8 Å². The lowest BCUT2D eigenvalue weighted by Gasteiger charge is -2.30. The molecule has 1 aromatic carbocycles. The fraction of sp³-hybridized carbons (Fsp3) is 0.391. The van der Waals surface area contributed by atoms with Gasteiger partial charge in [-0.2, -0.15) is 13.2 Å². The van der Waals surface area contributed by atoms with E-state index < -0.39 is 23.2 Å². The van der Waals surface area contributed by atoms with Gasteiger partial charge in [-0.15, -0.1) is 11.3 Å². The molecule has 0 spiro atoms. The number of aromatic nitrogens is 2. The van der Waals surface area contributed by atoms with Crippen LogP contribution >= 0.6 is 11.3 Å². The molecule has 0 unspecified atom stereocenters. The van der Waals surface area contributed by atoms with Crippen molar-refractivity contribution >= 4 is 39.1 Å². The van der Waals surface area contributed by atoms with E-state index in [0.717, 1.165) is 36.3 Å². The fourth-order valence-electron chi connectivity index (χ4n) is 3.92. The van der Waals surface area contributed by atoms with E-state index in [0.29, 0.717) is 29.4 Å². The van der Waals surface area contributed by atoms with Gasteiger partial charge in [-0.05, 0) is 55.5 Å². The number of likely N-dealkylation sites (tertiary alicyclic amines) is 1. The Morgan fingerprint density at radius 3 is 2.44 bits per heavy atom. The molecule has 3 heterocycles. The summed E-state index contributed by atoms with van der Waals surface area (Å²) in [4.78, 5) is 45.1. The van der Waals surface area contributed by atoms with Crippen molar-refractivity contribution in [1.29, 1.82) is 0 Å². The van der Waals surface area contributed by atoms with Gasteiger partial charge in [-0.1, -0.05) is 6.92 Å². The molecule has 180 valence electrons. The summed E-state index contributed by atoms with van der Waals surface area (Å²) in [5.41, 5.74) is -0.620. The van der Waals surface area contributed by atoms with Gasteiger partial charge in [0, 0.05) is 18.8 Å². The number of alkyl halides is 3. The molecule has 0 radical (unpaired) electrons. The highest BCUT2D eigenvalue weighted by Crippen LogP contribution is 2.31. The molecule has 1 saturated heterocycles. The van der Waals surface area contributed by atoms with Gasteiger partial charge in [-0.3, -0.25) is 19.0 Å². The lowest BCUT2D eigenvalue weighted by molar-refractivity contribution is -0.137. The Morgan fingerprint density at radius 2 is 1.82 bits per heavy atom. The predicted octanol–water partition coefficient (Wildman–Crippen LogP) is 4.30. The number of halogens is 3. The Hall–Kier alpha value is -3.21. The summed E-state index contributed by atoms with van der Waals surface area (Å²) in [6, 6.07) is 4.10. The Morgan fingerprint density at radius 1 is 1.18 bits per heavy atom. The molecule has 2 aromatic heterocycles. The van der Waals surface area contributed by atoms with Gasteiger partial charge in [0.15, 0.2) is 0 Å². The third-order valence-electron chi connectivity index (χ3n) is 6.04. The van der Waals surface area contributed by atoms with E-state index in [-0.39, 0.29) is 28.4 Å². The van der Waals surface area contributed by atoms with Crippen LogP contribution in [0.2, 0.25) is 0 Å². The summed E-state index contributed by atoms with van der Waals surface area (Å²) in [6.45, 7) is 4.96. The lowest BCUT2D eigenvalue weighted by Crippen LogP contribution is -2.41. The van der Waals surface area contributed by atoms with Crippen LogP contribution in [0.15, 0.2) is 35.4 Å². The molecule has 0 atom stereocenters. The number of fused-ring (bicyclic) bond motifs is 1. The van der Waals surface area contributed by atoms with Crippen LogP contribution in [0.4, 0.5) is 18.9 Å². The minimum atomic E-state index is -4.47. The number of thiophene rings is 1. The first-order valence-corrected chi connectivity index (χ1v) is 11.6. The Labute approximate surface area is 197 Å². The fourth-order valence-corrected chi connectivity index (χ4v) is 4.96. The molecule has 2 amide bonds. The molecule has 0 aliphatic carbocycles. The largest absolute Gasteiger partial charge is 0.416 e. The van der Waals surface area contributed by atoms with E-state index >= 15 is 0 Å². The first-order valence-electron chi connectivity index (χ1n) is 10.8. The summed E-state index contributed by atoms with van der Waals surface area (Å²) in [7, 11) is 0. The highest BCUT2D eigenvalue weighted by atomic mass is 32.1. The maximum Gasteiger partial charge on any atom is 0.416 e. The van der Waals surface area contributed by atoms with Gasteiger partial charge < -0.3 is 10.2 Å². The number of aryl methyl sites for hydroxylation is 1. The summed E-state index contributed by atoms with van der Waals surface area (Å²) in [5, 5.41) is 2.81. The zero-order valence-electron chi connectivity index (χ0n) is 18.6. The summed E-state index contributed by atoms with van der Waals surface area (Å²) < 4.78 is 39.5. The molecule has 0 saturated carbocycles. The van der Waals surface area contributed by atoms with Gasteiger partial charge >= 0.3 is 6.18 Å². The number of rotatable bonds is 4. The average Bonchev–Trinajstić information content (AvgIpc) is 3.13. The number of hydrogen-bond acceptors (Lipinski definition) is 5. The minimum Gasteiger partial charge on any atom is -0.341 e. The predicted molar refractivity (Wildman–Crippen MR) is 123 cm³/mol. The van der Waals surface area contributed by atoms with Crippen LogP contribution in [-0.2, 0) is 17.5 Å². The van der Waals surface area contributed by atoms with E-state index in [1.54, 1.807) is 11.8 Å². The smallest absolute Gasteiger partial charge is 0.341 e. The second-order valence-corrected chi connectivity index (χ2v) is 9.51. The second kappa shape index (κ2) is 9.21. The number of carbonyl (C=O) groups excluding carboxylic acids is 2. The number of nitrogens with one attached hydrogen (secondary N) is 1. The lowest BCUT2D eigenvalue weighted by atomic mass is 9.99. The SMILES string of the molecule is Cc1c(C(=O)Nc2ccc(C(F)(F)F)cc2)sc2ncn(CC(=O)N3CCC(C)CC3)c(=O)c12. The van der Waals surface area contributed by atoms with Crippen molar-refractivity contribution in [3.8, 4) is 0 Å². The molecule has 7 nitrogen and oxygen atoms in total. The molecule has 1 aliphatic heterocycles. The number of amides is 2. The molecule has 3 aromatic rings. The molecule has 1 fully saturated rings. The van der Waals surface area contributed by atoms with E-state index in [2.05, 4.69) is 17.2 Å². The third-order valence-corrected chi connectivity index (χ3v) is 7.23. The van der Waals surface area contributed by atoms with Crippen LogP contribution in [0, 0.1) is 12.8 Å². The number of piperidine rings is 1. The number of carbonyl (C=O) groups is 2. The topological polar surface area (TPSA) is 84.3 Å². The van der Waals surface area contributed by atoms with Crippen molar-refractivity contribution in [3.63, 3.8) is 0 Å². The molecule has 4 rings (SSSR count). The quantitative estimate of drug-likeness (QED) is 0.589. The average molecular weight is 493 g/mol. The van der Waals surface area contributed by atoms with Gasteiger partial charge in [0.25, 0.3) is 11.5 Å². The third kappa shape index (κ3) is 4.84. The molecule has 1 aliphatic rings. The van der Waals surface area contributed by atoms with Crippen molar-refractivity contribution in [2.45, 2.75) is 39.4 Å². The van der Waals surface area contributed by atoms with Crippen LogP contribution in [0.1, 0.15) is 40.6 Å². The highest BCUT2D eigenvalue weighted by Gasteiger charge is 2.30. The van der Waals surface area contributed by atoms with Crippen LogP contribution in [0.25, 0.3) is 10.2 Å². The van der Waals surface area contributed by atoms with Crippen molar-refractivity contribution in [3.05, 3.63) is 57.0 Å². The number of anilines is 1. The Kier molecular flexibility index (Phi) is 6.48. The molecule has 11 heteroatoms. The highest BCUT2D eigenvalue weighted by molar-refractivity contribution is 7.20.